The summed E-state index contributed by atoms with van der Waals surface area (Å²) in [5.74, 6) is -1.68. The molecule has 0 bridgehead atoms. The number of amidine groups is 1. The summed E-state index contributed by atoms with van der Waals surface area (Å²) in [7, 11) is 0. The van der Waals surface area contributed by atoms with Crippen molar-refractivity contribution in [3.8, 4) is 0 Å². The molecule has 6 rings (SSSR count). The first-order valence-electron chi connectivity index (χ1n) is 13.5. The molecule has 228 valence electrons. The molecular weight excluding hydrogens is 647 g/mol. The number of hydrogen-bond donors (Lipinski definition) is 3. The van der Waals surface area contributed by atoms with E-state index in [4.69, 9.17) is 5.11 Å². The second kappa shape index (κ2) is 13.0. The van der Waals surface area contributed by atoms with Gasteiger partial charge < -0.3 is 15.7 Å². The van der Waals surface area contributed by atoms with Gasteiger partial charge in [-0.05, 0) is 90.5 Å². The first-order chi connectivity index (χ1) is 22.1. The normalized spacial score (nSPS) is 14.5. The third-order valence-corrected chi connectivity index (χ3v) is 9.74. The molecule has 46 heavy (non-hydrogen) atoms. The first kappa shape index (κ1) is 30.7. The van der Waals surface area contributed by atoms with E-state index in [1.54, 1.807) is 36.4 Å². The van der Waals surface area contributed by atoms with Crippen molar-refractivity contribution in [2.45, 2.75) is 16.2 Å². The average Bonchev–Trinajstić information content (AvgIpc) is 3.59. The number of anilines is 1. The number of carboxylic acid groups (broad SMARTS) is 1. The third kappa shape index (κ3) is 6.83. The van der Waals surface area contributed by atoms with Crippen molar-refractivity contribution >= 4 is 91.2 Å². The fourth-order valence-corrected chi connectivity index (χ4v) is 7.42. The molecule has 0 radical (unpaired) electrons. The monoisotopic (exact) mass is 667 g/mol. The summed E-state index contributed by atoms with van der Waals surface area (Å²) >= 11 is 3.59. The SMILES string of the molecule is Cc1ccccc1C(=O)Nc1ccc2nc(Sc3ccc(/C=C4\SC(=Nc5ccc(C(=O)O)cc5)NC4=O)cc3[N+](=O)[O-])sc2c1. The lowest BCUT2D eigenvalue weighted by atomic mass is 10.1. The van der Waals surface area contributed by atoms with Crippen molar-refractivity contribution in [1.82, 2.24) is 10.3 Å². The number of carbonyl (C=O) groups is 3. The molecule has 0 atom stereocenters. The number of carbonyl (C=O) groups excluding carboxylic acids is 2. The van der Waals surface area contributed by atoms with Gasteiger partial charge in [-0.15, -0.1) is 11.3 Å². The predicted molar refractivity (Wildman–Crippen MR) is 180 cm³/mol. The van der Waals surface area contributed by atoms with Crippen LogP contribution in [-0.4, -0.2) is 38.0 Å². The first-order valence-corrected chi connectivity index (χ1v) is 15.9. The minimum Gasteiger partial charge on any atom is -0.478 e. The van der Waals surface area contributed by atoms with Gasteiger partial charge in [-0.3, -0.25) is 19.7 Å². The van der Waals surface area contributed by atoms with Crippen LogP contribution < -0.4 is 10.6 Å². The highest BCUT2D eigenvalue weighted by molar-refractivity contribution is 8.18. The average molecular weight is 668 g/mol. The van der Waals surface area contributed by atoms with E-state index < -0.39 is 16.8 Å². The summed E-state index contributed by atoms with van der Waals surface area (Å²) in [6.07, 6.45) is 1.54. The molecule has 1 aliphatic heterocycles. The number of benzene rings is 4. The van der Waals surface area contributed by atoms with E-state index >= 15 is 0 Å². The van der Waals surface area contributed by atoms with E-state index in [0.717, 1.165) is 33.8 Å². The molecule has 0 unspecified atom stereocenters. The Hall–Kier alpha value is -5.31. The molecule has 5 aromatic rings. The van der Waals surface area contributed by atoms with Crippen LogP contribution in [0.3, 0.4) is 0 Å². The smallest absolute Gasteiger partial charge is 0.335 e. The van der Waals surface area contributed by atoms with Crippen LogP contribution in [0.4, 0.5) is 17.1 Å². The number of nitro groups is 1. The summed E-state index contributed by atoms with van der Waals surface area (Å²) in [6, 6.07) is 23.3. The minimum atomic E-state index is -1.05. The number of nitrogens with one attached hydrogen (secondary N) is 2. The molecule has 2 amide bonds. The highest BCUT2D eigenvalue weighted by Crippen LogP contribution is 2.40. The molecule has 2 heterocycles. The molecule has 0 saturated carbocycles. The lowest BCUT2D eigenvalue weighted by molar-refractivity contribution is -0.387. The number of thiazole rings is 1. The topological polar surface area (TPSA) is 164 Å². The van der Waals surface area contributed by atoms with Crippen LogP contribution in [0, 0.1) is 17.0 Å². The number of hydrogen-bond acceptors (Lipinski definition) is 10. The maximum Gasteiger partial charge on any atom is 0.335 e. The molecule has 0 aliphatic carbocycles. The van der Waals surface area contributed by atoms with E-state index in [2.05, 4.69) is 20.6 Å². The number of rotatable bonds is 8. The van der Waals surface area contributed by atoms with Gasteiger partial charge in [-0.25, -0.2) is 14.8 Å². The van der Waals surface area contributed by atoms with Crippen LogP contribution in [0.2, 0.25) is 0 Å². The second-order valence-corrected chi connectivity index (χ2v) is 13.2. The standard InChI is InChI=1S/C32H21N5O6S3/c1-17-4-2-3-5-22(17)28(38)33-21-11-12-23-26(16-21)46-32(35-23)45-25-13-6-18(14-24(25)37(42)43)15-27-29(39)36-31(44-27)34-20-9-7-19(8-10-20)30(40)41/h2-16H,1H3,(H,33,38)(H,40,41)(H,34,36,39)/b27-15-. The van der Waals surface area contributed by atoms with E-state index in [0.29, 0.717) is 47.3 Å². The highest BCUT2D eigenvalue weighted by Gasteiger charge is 2.25. The van der Waals surface area contributed by atoms with Crippen LogP contribution >= 0.6 is 34.9 Å². The van der Waals surface area contributed by atoms with Crippen molar-refractivity contribution in [2.24, 2.45) is 4.99 Å². The van der Waals surface area contributed by atoms with Crippen LogP contribution in [0.1, 0.15) is 31.8 Å². The molecule has 1 aliphatic rings. The molecule has 0 spiro atoms. The van der Waals surface area contributed by atoms with Crippen molar-refractivity contribution in [2.75, 3.05) is 5.32 Å². The van der Waals surface area contributed by atoms with Gasteiger partial charge in [0.05, 0.1) is 36.2 Å². The van der Waals surface area contributed by atoms with Crippen LogP contribution in [0.25, 0.3) is 16.3 Å². The highest BCUT2D eigenvalue weighted by atomic mass is 32.2. The Morgan fingerprint density at radius 2 is 1.85 bits per heavy atom. The number of fused-ring (bicyclic) bond motifs is 1. The number of nitro benzene ring substituents is 1. The van der Waals surface area contributed by atoms with Crippen LogP contribution in [-0.2, 0) is 4.79 Å². The van der Waals surface area contributed by atoms with Crippen molar-refractivity contribution in [3.05, 3.63) is 122 Å². The van der Waals surface area contributed by atoms with Gasteiger partial charge in [0.25, 0.3) is 17.5 Å². The fourth-order valence-electron chi connectivity index (χ4n) is 4.43. The number of aryl methyl sites for hydroxylation is 1. The van der Waals surface area contributed by atoms with Gasteiger partial charge in [0.2, 0.25) is 0 Å². The van der Waals surface area contributed by atoms with E-state index in [1.165, 1.54) is 41.7 Å². The molecule has 4 aromatic carbocycles. The van der Waals surface area contributed by atoms with Crippen molar-refractivity contribution < 1.29 is 24.4 Å². The van der Waals surface area contributed by atoms with Crippen LogP contribution in [0.15, 0.2) is 104 Å². The second-order valence-electron chi connectivity index (χ2n) is 9.85. The van der Waals surface area contributed by atoms with Gasteiger partial charge in [0.1, 0.15) is 0 Å². The Morgan fingerprint density at radius 1 is 1.07 bits per heavy atom. The Balaban J connectivity index is 1.18. The van der Waals surface area contributed by atoms with E-state index in [9.17, 15) is 24.5 Å². The molecular formula is C32H21N5O6S3. The minimum absolute atomic E-state index is 0.118. The van der Waals surface area contributed by atoms with E-state index in [1.807, 2.05) is 31.2 Å². The third-order valence-electron chi connectivity index (χ3n) is 6.69. The van der Waals surface area contributed by atoms with Gasteiger partial charge in [-0.1, -0.05) is 36.0 Å². The largest absolute Gasteiger partial charge is 0.478 e. The molecule has 1 aromatic heterocycles. The lowest BCUT2D eigenvalue weighted by Gasteiger charge is -2.07. The number of carboxylic acids is 1. The summed E-state index contributed by atoms with van der Waals surface area (Å²) in [5, 5.41) is 26.9. The van der Waals surface area contributed by atoms with Crippen molar-refractivity contribution in [3.63, 3.8) is 0 Å². The van der Waals surface area contributed by atoms with Gasteiger partial charge >= 0.3 is 5.97 Å². The summed E-state index contributed by atoms with van der Waals surface area (Å²) < 4.78 is 1.41. The maximum atomic E-state index is 12.8. The molecule has 1 saturated heterocycles. The molecule has 14 heteroatoms. The Bertz CT molecular complexity index is 2120. The number of nitrogens with zero attached hydrogens (tertiary/aromatic N) is 3. The number of amides is 2. The lowest BCUT2D eigenvalue weighted by Crippen LogP contribution is -2.19. The Morgan fingerprint density at radius 3 is 2.59 bits per heavy atom. The zero-order valence-electron chi connectivity index (χ0n) is 23.7. The summed E-state index contributed by atoms with van der Waals surface area (Å²) in [6.45, 7) is 1.87. The number of aromatic carboxylic acids is 1. The van der Waals surface area contributed by atoms with E-state index in [-0.39, 0.29) is 17.2 Å². The fraction of sp³-hybridized carbons (Fsp3) is 0.0312. The van der Waals surface area contributed by atoms with Gasteiger partial charge in [-0.2, -0.15) is 0 Å². The van der Waals surface area contributed by atoms with Gasteiger partial charge in [0.15, 0.2) is 9.51 Å². The zero-order chi connectivity index (χ0) is 32.4. The summed E-state index contributed by atoms with van der Waals surface area (Å²) in [5.41, 5.74) is 3.66. The number of aliphatic imine (C=N–C) groups is 1. The van der Waals surface area contributed by atoms with Gasteiger partial charge in [0, 0.05) is 17.3 Å². The molecule has 1 fully saturated rings. The molecule has 3 N–H and O–H groups in total. The number of aromatic nitrogens is 1. The quantitative estimate of drug-likeness (QED) is 0.0863. The Kier molecular flexibility index (Phi) is 8.66. The van der Waals surface area contributed by atoms with Crippen LogP contribution in [0.5, 0.6) is 0 Å². The van der Waals surface area contributed by atoms with Crippen molar-refractivity contribution in [1.29, 1.82) is 0 Å². The zero-order valence-corrected chi connectivity index (χ0v) is 26.2. The summed E-state index contributed by atoms with van der Waals surface area (Å²) in [4.78, 5) is 57.6. The Labute approximate surface area is 273 Å². The number of thioether (sulfide) groups is 1. The molecule has 11 nitrogen and oxygen atoms in total. The predicted octanol–water partition coefficient (Wildman–Crippen LogP) is 7.51. The maximum absolute atomic E-state index is 12.8.